The molecule has 0 aliphatic heterocycles. The van der Waals surface area contributed by atoms with Crippen molar-refractivity contribution in [3.63, 3.8) is 0 Å². The van der Waals surface area contributed by atoms with E-state index in [1.165, 1.54) is 0 Å². The molecule has 2 N–H and O–H groups in total. The molecule has 2 rings (SSSR count). The molecule has 0 aliphatic carbocycles. The molecule has 0 fully saturated rings. The predicted molar refractivity (Wildman–Crippen MR) is 67.6 cm³/mol. The van der Waals surface area contributed by atoms with Gasteiger partial charge in [0.2, 0.25) is 0 Å². The Morgan fingerprint density at radius 2 is 2.22 bits per heavy atom. The molecule has 0 amide bonds. The second-order valence-electron chi connectivity index (χ2n) is 3.81. The summed E-state index contributed by atoms with van der Waals surface area (Å²) in [4.78, 5) is 0. The fourth-order valence-electron chi connectivity index (χ4n) is 1.32. The first kappa shape index (κ1) is 12.0. The van der Waals surface area contributed by atoms with E-state index in [9.17, 15) is 0 Å². The van der Waals surface area contributed by atoms with Crippen molar-refractivity contribution < 1.29 is 4.74 Å². The normalized spacial score (nSPS) is 11.1. The molecule has 0 spiro atoms. The molecule has 1 aromatic carbocycles. The molecule has 0 bridgehead atoms. The molecule has 2 aromatic rings. The van der Waals surface area contributed by atoms with Crippen LogP contribution in [0.15, 0.2) is 29.4 Å². The lowest BCUT2D eigenvalue weighted by molar-refractivity contribution is 0.242. The van der Waals surface area contributed by atoms with Crippen LogP contribution in [-0.4, -0.2) is 32.9 Å². The highest BCUT2D eigenvalue weighted by Gasteiger charge is 2.02. The number of aromatic amines is 1. The van der Waals surface area contributed by atoms with Crippen LogP contribution in [0.3, 0.4) is 0 Å². The lowest BCUT2D eigenvalue weighted by atomic mass is 10.2. The average Bonchev–Trinajstić information content (AvgIpc) is 2.84. The molecular formula is C11H14N6O. The molecule has 0 atom stereocenters. The summed E-state index contributed by atoms with van der Waals surface area (Å²) in [5.74, 6) is 1.10. The average molecular weight is 246 g/mol. The van der Waals surface area contributed by atoms with Gasteiger partial charge in [-0.15, -0.1) is 5.10 Å². The largest absolute Gasteiger partial charge is 0.490 e. The topological polar surface area (TPSA) is 88.1 Å². The van der Waals surface area contributed by atoms with Crippen molar-refractivity contribution in [3.05, 3.63) is 29.8 Å². The number of para-hydroxylation sites is 1. The van der Waals surface area contributed by atoms with Gasteiger partial charge in [-0.3, -0.25) is 0 Å². The summed E-state index contributed by atoms with van der Waals surface area (Å²) in [6.07, 6.45) is 1.76. The van der Waals surface area contributed by atoms with E-state index in [1.807, 2.05) is 38.1 Å². The molecule has 94 valence electrons. The minimum atomic E-state index is 0.115. The predicted octanol–water partition coefficient (Wildman–Crippen LogP) is 1.43. The van der Waals surface area contributed by atoms with Gasteiger partial charge in [-0.2, -0.15) is 10.3 Å². The molecule has 1 heterocycles. The van der Waals surface area contributed by atoms with Crippen LogP contribution in [0.1, 0.15) is 19.4 Å². The smallest absolute Gasteiger partial charge is 0.283 e. The van der Waals surface area contributed by atoms with Gasteiger partial charge in [0, 0.05) is 5.56 Å². The van der Waals surface area contributed by atoms with Crippen LogP contribution in [0.2, 0.25) is 0 Å². The first-order valence-electron chi connectivity index (χ1n) is 5.54. The van der Waals surface area contributed by atoms with Gasteiger partial charge in [0.1, 0.15) is 5.75 Å². The summed E-state index contributed by atoms with van der Waals surface area (Å²) in [5.41, 5.74) is 3.53. The lowest BCUT2D eigenvalue weighted by Gasteiger charge is -2.11. The highest BCUT2D eigenvalue weighted by molar-refractivity contribution is 5.83. The van der Waals surface area contributed by atoms with Crippen molar-refractivity contribution in [1.82, 2.24) is 20.6 Å². The third-order valence-electron chi connectivity index (χ3n) is 2.00. The number of hydrogen-bond acceptors (Lipinski definition) is 6. The molecule has 0 radical (unpaired) electrons. The number of anilines is 1. The van der Waals surface area contributed by atoms with Gasteiger partial charge in [-0.05, 0) is 31.2 Å². The third-order valence-corrected chi connectivity index (χ3v) is 2.00. The minimum absolute atomic E-state index is 0.115. The molecule has 18 heavy (non-hydrogen) atoms. The van der Waals surface area contributed by atoms with Crippen LogP contribution in [0.4, 0.5) is 5.95 Å². The number of benzene rings is 1. The Hall–Kier alpha value is -2.44. The fraction of sp³-hybridized carbons (Fsp3) is 0.273. The van der Waals surface area contributed by atoms with E-state index in [-0.39, 0.29) is 6.10 Å². The van der Waals surface area contributed by atoms with Gasteiger partial charge in [-0.1, -0.05) is 17.2 Å². The van der Waals surface area contributed by atoms with E-state index in [1.54, 1.807) is 6.21 Å². The first-order valence-corrected chi connectivity index (χ1v) is 5.54. The van der Waals surface area contributed by atoms with Crippen molar-refractivity contribution in [3.8, 4) is 5.75 Å². The van der Waals surface area contributed by atoms with Crippen LogP contribution in [0, 0.1) is 0 Å². The number of nitrogens with zero attached hydrogens (tertiary/aromatic N) is 4. The van der Waals surface area contributed by atoms with Crippen LogP contribution in [0.5, 0.6) is 5.75 Å². The van der Waals surface area contributed by atoms with Crippen LogP contribution in [-0.2, 0) is 0 Å². The Kier molecular flexibility index (Phi) is 3.85. The van der Waals surface area contributed by atoms with E-state index < -0.39 is 0 Å². The summed E-state index contributed by atoms with van der Waals surface area (Å²) in [7, 11) is 0. The second kappa shape index (κ2) is 5.76. The van der Waals surface area contributed by atoms with Gasteiger partial charge < -0.3 is 4.74 Å². The summed E-state index contributed by atoms with van der Waals surface area (Å²) in [6.45, 7) is 3.96. The van der Waals surface area contributed by atoms with Gasteiger partial charge in [0.25, 0.3) is 5.95 Å². The van der Waals surface area contributed by atoms with E-state index in [0.717, 1.165) is 11.3 Å². The summed E-state index contributed by atoms with van der Waals surface area (Å²) in [6, 6.07) is 7.65. The molecule has 0 saturated heterocycles. The first-order chi connectivity index (χ1) is 8.75. The van der Waals surface area contributed by atoms with E-state index >= 15 is 0 Å². The van der Waals surface area contributed by atoms with Crippen molar-refractivity contribution in [2.45, 2.75) is 20.0 Å². The SMILES string of the molecule is CC(C)Oc1ccccc1/C=N/Nc1nn[nH]n1. The zero-order valence-electron chi connectivity index (χ0n) is 10.2. The van der Waals surface area contributed by atoms with E-state index in [0.29, 0.717) is 5.95 Å². The summed E-state index contributed by atoms with van der Waals surface area (Å²) in [5, 5.41) is 17.2. The Balaban J connectivity index is 2.06. The van der Waals surface area contributed by atoms with Crippen molar-refractivity contribution in [2.75, 3.05) is 5.43 Å². The van der Waals surface area contributed by atoms with Gasteiger partial charge >= 0.3 is 0 Å². The Morgan fingerprint density at radius 1 is 1.39 bits per heavy atom. The quantitative estimate of drug-likeness (QED) is 0.615. The molecule has 7 nitrogen and oxygen atoms in total. The zero-order valence-corrected chi connectivity index (χ0v) is 10.2. The maximum Gasteiger partial charge on any atom is 0.283 e. The number of rotatable bonds is 5. The number of ether oxygens (including phenoxy) is 1. The molecular weight excluding hydrogens is 232 g/mol. The zero-order chi connectivity index (χ0) is 12.8. The molecule has 0 aliphatic rings. The van der Waals surface area contributed by atoms with Crippen molar-refractivity contribution in [2.24, 2.45) is 5.10 Å². The summed E-state index contributed by atoms with van der Waals surface area (Å²) >= 11 is 0. The maximum atomic E-state index is 5.66. The number of tetrazole rings is 1. The van der Waals surface area contributed by atoms with Crippen LogP contribution >= 0.6 is 0 Å². The monoisotopic (exact) mass is 246 g/mol. The number of aromatic nitrogens is 4. The molecule has 1 aromatic heterocycles. The summed E-state index contributed by atoms with van der Waals surface area (Å²) < 4.78 is 5.66. The van der Waals surface area contributed by atoms with E-state index in [4.69, 9.17) is 4.74 Å². The number of nitrogens with one attached hydrogen (secondary N) is 2. The number of H-pyrrole nitrogens is 1. The van der Waals surface area contributed by atoms with E-state index in [2.05, 4.69) is 31.2 Å². The fourth-order valence-corrected chi connectivity index (χ4v) is 1.32. The number of hydrogen-bond donors (Lipinski definition) is 2. The van der Waals surface area contributed by atoms with Gasteiger partial charge in [-0.25, -0.2) is 5.43 Å². The Morgan fingerprint density at radius 3 is 2.94 bits per heavy atom. The van der Waals surface area contributed by atoms with Gasteiger partial charge in [0.15, 0.2) is 0 Å². The Labute approximate surface area is 104 Å². The second-order valence-corrected chi connectivity index (χ2v) is 3.81. The number of hydrazone groups is 1. The van der Waals surface area contributed by atoms with Gasteiger partial charge in [0.05, 0.1) is 12.3 Å². The standard InChI is InChI=1S/C11H14N6O/c1-8(2)18-10-6-4-3-5-9(10)7-12-13-11-14-16-17-15-11/h3-8H,1-2H3,(H2,13,14,15,16,17)/b12-7+. The van der Waals surface area contributed by atoms with Crippen LogP contribution < -0.4 is 10.2 Å². The maximum absolute atomic E-state index is 5.66. The van der Waals surface area contributed by atoms with Crippen molar-refractivity contribution in [1.29, 1.82) is 0 Å². The molecule has 0 saturated carbocycles. The minimum Gasteiger partial charge on any atom is -0.490 e. The highest BCUT2D eigenvalue weighted by atomic mass is 16.5. The Bertz CT molecular complexity index is 508. The third kappa shape index (κ3) is 3.27. The molecule has 0 unspecified atom stereocenters. The lowest BCUT2D eigenvalue weighted by Crippen LogP contribution is -2.07. The van der Waals surface area contributed by atoms with Crippen molar-refractivity contribution >= 4 is 12.2 Å². The van der Waals surface area contributed by atoms with Crippen LogP contribution in [0.25, 0.3) is 0 Å². The molecule has 7 heteroatoms. The highest BCUT2D eigenvalue weighted by Crippen LogP contribution is 2.17.